The third-order valence-electron chi connectivity index (χ3n) is 2.56. The first-order valence-corrected chi connectivity index (χ1v) is 5.60. The lowest BCUT2D eigenvalue weighted by Gasteiger charge is -2.26. The van der Waals surface area contributed by atoms with E-state index in [-0.39, 0.29) is 17.8 Å². The van der Waals surface area contributed by atoms with Gasteiger partial charge in [0.25, 0.3) is 5.69 Å². The van der Waals surface area contributed by atoms with Gasteiger partial charge in [0.05, 0.1) is 18.1 Å². The summed E-state index contributed by atoms with van der Waals surface area (Å²) in [6.07, 6.45) is 0.540. The Labute approximate surface area is 106 Å². The first-order chi connectivity index (χ1) is 8.38. The zero-order chi connectivity index (χ0) is 13.8. The van der Waals surface area contributed by atoms with Gasteiger partial charge in [-0.05, 0) is 20.3 Å². The number of methoxy groups -OCH3 is 1. The molecule has 0 unspecified atom stereocenters. The number of aliphatic hydroxyl groups excluding tert-OH is 1. The predicted octanol–water partition coefficient (Wildman–Crippen LogP) is 2.18. The fourth-order valence-corrected chi connectivity index (χ4v) is 1.61. The number of ether oxygens (including phenoxy) is 1. The number of rotatable bonds is 6. The quantitative estimate of drug-likeness (QED) is 0.600. The molecular formula is C12H18N2O4. The Bertz CT molecular complexity index is 432. The number of hydrogen-bond acceptors (Lipinski definition) is 5. The molecule has 0 fully saturated rings. The molecule has 1 aromatic carbocycles. The molecule has 1 rings (SSSR count). The molecule has 0 saturated heterocycles. The van der Waals surface area contributed by atoms with E-state index in [9.17, 15) is 10.1 Å². The van der Waals surface area contributed by atoms with Crippen molar-refractivity contribution in [1.82, 2.24) is 0 Å². The van der Waals surface area contributed by atoms with Crippen molar-refractivity contribution in [3.8, 4) is 5.75 Å². The van der Waals surface area contributed by atoms with Gasteiger partial charge < -0.3 is 15.2 Å². The standard InChI is InChI=1S/C12H18N2O4/c1-12(2,4-5-15)13-9-6-10(14(16)17)8-11(7-9)18-3/h6-8,13,15H,4-5H2,1-3H3. The summed E-state index contributed by atoms with van der Waals surface area (Å²) in [5.74, 6) is 0.423. The van der Waals surface area contributed by atoms with Crippen molar-refractivity contribution in [2.45, 2.75) is 25.8 Å². The molecule has 0 amide bonds. The normalized spacial score (nSPS) is 11.1. The molecule has 1 aromatic rings. The molecule has 2 N–H and O–H groups in total. The van der Waals surface area contributed by atoms with Gasteiger partial charge in [-0.25, -0.2) is 0 Å². The number of nitro benzene ring substituents is 1. The van der Waals surface area contributed by atoms with Crippen molar-refractivity contribution in [1.29, 1.82) is 0 Å². The molecule has 0 heterocycles. The summed E-state index contributed by atoms with van der Waals surface area (Å²) in [5, 5.41) is 22.9. The van der Waals surface area contributed by atoms with Gasteiger partial charge in [-0.2, -0.15) is 0 Å². The summed E-state index contributed by atoms with van der Waals surface area (Å²) >= 11 is 0. The third-order valence-corrected chi connectivity index (χ3v) is 2.56. The number of aliphatic hydroxyl groups is 1. The van der Waals surface area contributed by atoms with Gasteiger partial charge in [-0.15, -0.1) is 0 Å². The lowest BCUT2D eigenvalue weighted by atomic mass is 10.0. The topological polar surface area (TPSA) is 84.6 Å². The molecule has 6 heteroatoms. The van der Waals surface area contributed by atoms with E-state index < -0.39 is 4.92 Å². The highest BCUT2D eigenvalue weighted by Gasteiger charge is 2.18. The van der Waals surface area contributed by atoms with Crippen LogP contribution in [0.1, 0.15) is 20.3 Å². The molecule has 18 heavy (non-hydrogen) atoms. The number of nitro groups is 1. The second-order valence-electron chi connectivity index (χ2n) is 4.66. The highest BCUT2D eigenvalue weighted by Crippen LogP contribution is 2.28. The maximum absolute atomic E-state index is 10.8. The molecule has 6 nitrogen and oxygen atoms in total. The highest BCUT2D eigenvalue weighted by atomic mass is 16.6. The average molecular weight is 254 g/mol. The van der Waals surface area contributed by atoms with Crippen LogP contribution in [0.25, 0.3) is 0 Å². The van der Waals surface area contributed by atoms with Crippen LogP contribution in [0.2, 0.25) is 0 Å². The Morgan fingerprint density at radius 2 is 2.11 bits per heavy atom. The molecule has 0 spiro atoms. The lowest BCUT2D eigenvalue weighted by Crippen LogP contribution is -2.31. The highest BCUT2D eigenvalue weighted by molar-refractivity contribution is 5.57. The Hall–Kier alpha value is -1.82. The van der Waals surface area contributed by atoms with E-state index in [1.165, 1.54) is 19.2 Å². The Kier molecular flexibility index (Phi) is 4.49. The molecule has 0 bridgehead atoms. The minimum absolute atomic E-state index is 0.0309. The van der Waals surface area contributed by atoms with Crippen LogP contribution in [0.15, 0.2) is 18.2 Å². The van der Waals surface area contributed by atoms with Crippen molar-refractivity contribution in [2.24, 2.45) is 0 Å². The minimum atomic E-state index is -0.466. The van der Waals surface area contributed by atoms with Crippen LogP contribution < -0.4 is 10.1 Å². The Morgan fingerprint density at radius 1 is 1.44 bits per heavy atom. The summed E-state index contributed by atoms with van der Waals surface area (Å²) < 4.78 is 5.03. The van der Waals surface area contributed by atoms with E-state index in [0.29, 0.717) is 17.9 Å². The van der Waals surface area contributed by atoms with Gasteiger partial charge in [0, 0.05) is 30.0 Å². The lowest BCUT2D eigenvalue weighted by molar-refractivity contribution is -0.384. The van der Waals surface area contributed by atoms with Crippen LogP contribution in [0, 0.1) is 10.1 Å². The molecule has 0 aliphatic rings. The van der Waals surface area contributed by atoms with Crippen LogP contribution in [0.3, 0.4) is 0 Å². The predicted molar refractivity (Wildman–Crippen MR) is 69.1 cm³/mol. The summed E-state index contributed by atoms with van der Waals surface area (Å²) in [6, 6.07) is 4.50. The largest absolute Gasteiger partial charge is 0.496 e. The SMILES string of the molecule is COc1cc(NC(C)(C)CCO)cc([N+](=O)[O-])c1. The summed E-state index contributed by atoms with van der Waals surface area (Å²) in [7, 11) is 1.46. The fraction of sp³-hybridized carbons (Fsp3) is 0.500. The van der Waals surface area contributed by atoms with Gasteiger partial charge in [0.15, 0.2) is 0 Å². The van der Waals surface area contributed by atoms with Gasteiger partial charge in [-0.3, -0.25) is 10.1 Å². The number of benzene rings is 1. The van der Waals surface area contributed by atoms with Gasteiger partial charge in [0.1, 0.15) is 5.75 Å². The molecule has 0 aliphatic heterocycles. The molecule has 0 aromatic heterocycles. The molecular weight excluding hydrogens is 236 g/mol. The number of non-ortho nitro benzene ring substituents is 1. The van der Waals surface area contributed by atoms with Gasteiger partial charge >= 0.3 is 0 Å². The zero-order valence-electron chi connectivity index (χ0n) is 10.8. The van der Waals surface area contributed by atoms with E-state index in [1.54, 1.807) is 6.07 Å². The average Bonchev–Trinajstić information content (AvgIpc) is 2.27. The number of nitrogens with one attached hydrogen (secondary N) is 1. The molecule has 0 atom stereocenters. The maximum Gasteiger partial charge on any atom is 0.275 e. The zero-order valence-corrected chi connectivity index (χ0v) is 10.8. The van der Waals surface area contributed by atoms with Crippen LogP contribution in [0.4, 0.5) is 11.4 Å². The minimum Gasteiger partial charge on any atom is -0.496 e. The van der Waals surface area contributed by atoms with Gasteiger partial charge in [0.2, 0.25) is 0 Å². The first-order valence-electron chi connectivity index (χ1n) is 5.60. The van der Waals surface area contributed by atoms with Crippen LogP contribution >= 0.6 is 0 Å². The van der Waals surface area contributed by atoms with Gasteiger partial charge in [-0.1, -0.05) is 0 Å². The van der Waals surface area contributed by atoms with Crippen molar-refractivity contribution in [3.05, 3.63) is 28.3 Å². The Morgan fingerprint density at radius 3 is 2.61 bits per heavy atom. The molecule has 0 aliphatic carbocycles. The fourth-order valence-electron chi connectivity index (χ4n) is 1.61. The first kappa shape index (κ1) is 14.2. The van der Waals surface area contributed by atoms with Crippen molar-refractivity contribution in [3.63, 3.8) is 0 Å². The van der Waals surface area contributed by atoms with Crippen molar-refractivity contribution in [2.75, 3.05) is 19.0 Å². The molecule has 0 radical (unpaired) electrons. The summed E-state index contributed by atoms with van der Waals surface area (Å²) in [6.45, 7) is 3.87. The molecule has 100 valence electrons. The van der Waals surface area contributed by atoms with Crippen LogP contribution in [-0.4, -0.2) is 29.3 Å². The number of nitrogens with zero attached hydrogens (tertiary/aromatic N) is 1. The Balaban J connectivity index is 3.01. The van der Waals surface area contributed by atoms with Crippen molar-refractivity contribution >= 4 is 11.4 Å². The van der Waals surface area contributed by atoms with E-state index in [0.717, 1.165) is 0 Å². The monoisotopic (exact) mass is 254 g/mol. The number of anilines is 1. The maximum atomic E-state index is 10.8. The third kappa shape index (κ3) is 3.89. The van der Waals surface area contributed by atoms with Crippen LogP contribution in [-0.2, 0) is 0 Å². The smallest absolute Gasteiger partial charge is 0.275 e. The van der Waals surface area contributed by atoms with Crippen molar-refractivity contribution < 1.29 is 14.8 Å². The second-order valence-corrected chi connectivity index (χ2v) is 4.66. The molecule has 0 saturated carbocycles. The number of hydrogen-bond donors (Lipinski definition) is 2. The van der Waals surface area contributed by atoms with E-state index in [1.807, 2.05) is 13.8 Å². The summed E-state index contributed by atoms with van der Waals surface area (Å²) in [5.41, 5.74) is 0.214. The second kappa shape index (κ2) is 5.68. The van der Waals surface area contributed by atoms with E-state index in [4.69, 9.17) is 9.84 Å². The van der Waals surface area contributed by atoms with Crippen LogP contribution in [0.5, 0.6) is 5.75 Å². The summed E-state index contributed by atoms with van der Waals surface area (Å²) in [4.78, 5) is 10.3. The van der Waals surface area contributed by atoms with E-state index in [2.05, 4.69) is 5.32 Å². The van der Waals surface area contributed by atoms with E-state index >= 15 is 0 Å².